The molecule has 0 heterocycles. The summed E-state index contributed by atoms with van der Waals surface area (Å²) in [6.45, 7) is 0.869. The van der Waals surface area contributed by atoms with E-state index in [9.17, 15) is 0 Å². The molecule has 0 saturated heterocycles. The number of rotatable bonds is 7. The van der Waals surface area contributed by atoms with Gasteiger partial charge in [0.05, 0.1) is 0 Å². The van der Waals surface area contributed by atoms with Gasteiger partial charge < -0.3 is 19.5 Å². The van der Waals surface area contributed by atoms with Crippen molar-refractivity contribution >= 4 is 24.3 Å². The lowest BCUT2D eigenvalue weighted by Crippen LogP contribution is -2.29. The molecule has 0 atom stereocenters. The Labute approximate surface area is 128 Å². The fourth-order valence-electron chi connectivity index (χ4n) is 1.73. The molecule has 0 spiro atoms. The summed E-state index contributed by atoms with van der Waals surface area (Å²) in [5.41, 5.74) is 0.437. The second-order valence-corrected chi connectivity index (χ2v) is 5.19. The van der Waals surface area contributed by atoms with Crippen molar-refractivity contribution in [1.82, 2.24) is 0 Å². The highest BCUT2D eigenvalue weighted by molar-refractivity contribution is 7.98. The molecule has 0 aliphatic heterocycles. The lowest BCUT2D eigenvalue weighted by molar-refractivity contribution is 0.217. The van der Waals surface area contributed by atoms with Gasteiger partial charge in [-0.15, -0.1) is 11.8 Å². The molecule has 0 fully saturated rings. The maximum atomic E-state index is 8.99. The van der Waals surface area contributed by atoms with E-state index < -0.39 is 7.12 Å². The van der Waals surface area contributed by atoms with E-state index in [1.165, 1.54) is 4.90 Å². The molecule has 0 aliphatic rings. The minimum Gasteiger partial charge on any atom is -0.490 e. The molecule has 0 unspecified atom stereocenters. The van der Waals surface area contributed by atoms with Crippen molar-refractivity contribution in [3.63, 3.8) is 0 Å². The predicted molar refractivity (Wildman–Crippen MR) is 85.5 cm³/mol. The molecule has 0 bridgehead atoms. The van der Waals surface area contributed by atoms with Crippen LogP contribution in [0.2, 0.25) is 0 Å². The zero-order valence-electron chi connectivity index (χ0n) is 11.7. The van der Waals surface area contributed by atoms with Gasteiger partial charge in [0.1, 0.15) is 24.7 Å². The van der Waals surface area contributed by atoms with Gasteiger partial charge in [-0.3, -0.25) is 0 Å². The first-order valence-corrected chi connectivity index (χ1v) is 7.77. The van der Waals surface area contributed by atoms with Gasteiger partial charge in [-0.2, -0.15) is 0 Å². The summed E-state index contributed by atoms with van der Waals surface area (Å²) in [4.78, 5) is 1.20. The predicted octanol–water partition coefficient (Wildman–Crippen LogP) is 1.55. The first-order chi connectivity index (χ1) is 10.2. The van der Waals surface area contributed by atoms with Crippen LogP contribution in [0.4, 0.5) is 0 Å². The van der Waals surface area contributed by atoms with Crippen LogP contribution in [0.5, 0.6) is 11.5 Å². The van der Waals surface area contributed by atoms with E-state index >= 15 is 0 Å². The highest BCUT2D eigenvalue weighted by atomic mass is 32.2. The number of ether oxygens (including phenoxy) is 2. The quantitative estimate of drug-likeness (QED) is 0.462. The number of benzene rings is 2. The van der Waals surface area contributed by atoms with E-state index in [2.05, 4.69) is 0 Å². The first-order valence-electron chi connectivity index (χ1n) is 6.55. The van der Waals surface area contributed by atoms with E-state index in [0.717, 1.165) is 5.75 Å². The fourth-order valence-corrected chi connectivity index (χ4v) is 2.14. The van der Waals surface area contributed by atoms with Crippen LogP contribution in [0.1, 0.15) is 0 Å². The standard InChI is InChI=1S/C15H17BO4S/c1-21-15-8-6-14(7-9-15)20-11-10-19-13-4-2-12(3-5-13)16(17)18/h2-9,17-18H,10-11H2,1H3. The van der Waals surface area contributed by atoms with Crippen LogP contribution in [-0.2, 0) is 0 Å². The van der Waals surface area contributed by atoms with Gasteiger partial charge in [0, 0.05) is 4.90 Å². The van der Waals surface area contributed by atoms with E-state index in [-0.39, 0.29) is 0 Å². The van der Waals surface area contributed by atoms with E-state index in [1.54, 1.807) is 36.0 Å². The Kier molecular flexibility index (Phi) is 5.98. The van der Waals surface area contributed by atoms with Crippen LogP contribution in [0.15, 0.2) is 53.4 Å². The van der Waals surface area contributed by atoms with Crippen LogP contribution in [0.3, 0.4) is 0 Å². The van der Waals surface area contributed by atoms with E-state index in [1.807, 2.05) is 30.5 Å². The minimum absolute atomic E-state index is 0.422. The molecule has 2 aromatic carbocycles. The molecule has 4 nitrogen and oxygen atoms in total. The van der Waals surface area contributed by atoms with Crippen molar-refractivity contribution in [3.05, 3.63) is 48.5 Å². The minimum atomic E-state index is -1.45. The van der Waals surface area contributed by atoms with Crippen molar-refractivity contribution in [2.24, 2.45) is 0 Å². The first kappa shape index (κ1) is 15.8. The van der Waals surface area contributed by atoms with Crippen LogP contribution in [0, 0.1) is 0 Å². The average molecular weight is 304 g/mol. The highest BCUT2D eigenvalue weighted by Crippen LogP contribution is 2.18. The molecule has 110 valence electrons. The third kappa shape index (κ3) is 5.01. The Morgan fingerprint density at radius 2 is 1.33 bits per heavy atom. The Morgan fingerprint density at radius 1 is 0.857 bits per heavy atom. The van der Waals surface area contributed by atoms with Crippen LogP contribution >= 0.6 is 11.8 Å². The summed E-state index contributed by atoms with van der Waals surface area (Å²) >= 11 is 1.69. The molecular weight excluding hydrogens is 287 g/mol. The Balaban J connectivity index is 1.73. The zero-order chi connectivity index (χ0) is 15.1. The molecule has 0 amide bonds. The monoisotopic (exact) mass is 304 g/mol. The molecule has 21 heavy (non-hydrogen) atoms. The van der Waals surface area contributed by atoms with Crippen molar-refractivity contribution in [1.29, 1.82) is 0 Å². The molecule has 6 heteroatoms. The Hall–Kier alpha value is -1.63. The summed E-state index contributed by atoms with van der Waals surface area (Å²) < 4.78 is 11.1. The van der Waals surface area contributed by atoms with Gasteiger partial charge in [-0.05, 0) is 48.1 Å². The molecule has 0 aromatic heterocycles. The summed E-state index contributed by atoms with van der Waals surface area (Å²) in [6, 6.07) is 14.5. The summed E-state index contributed by atoms with van der Waals surface area (Å²) in [5, 5.41) is 18.0. The van der Waals surface area contributed by atoms with Crippen molar-refractivity contribution in [2.75, 3.05) is 19.5 Å². The molecule has 2 aromatic rings. The van der Waals surface area contributed by atoms with Gasteiger partial charge in [0.15, 0.2) is 0 Å². The number of hydrogen-bond acceptors (Lipinski definition) is 5. The summed E-state index contributed by atoms with van der Waals surface area (Å²) in [5.74, 6) is 1.48. The van der Waals surface area contributed by atoms with Gasteiger partial charge in [-0.25, -0.2) is 0 Å². The second kappa shape index (κ2) is 7.97. The molecule has 0 radical (unpaired) electrons. The van der Waals surface area contributed by atoms with Crippen molar-refractivity contribution in [2.45, 2.75) is 4.90 Å². The summed E-state index contributed by atoms with van der Waals surface area (Å²) in [7, 11) is -1.45. The molecule has 2 N–H and O–H groups in total. The largest absolute Gasteiger partial charge is 0.490 e. The third-order valence-electron chi connectivity index (χ3n) is 2.86. The topological polar surface area (TPSA) is 58.9 Å². The average Bonchev–Trinajstić information content (AvgIpc) is 2.52. The number of thioether (sulfide) groups is 1. The lowest BCUT2D eigenvalue weighted by atomic mass is 9.80. The number of hydrogen-bond donors (Lipinski definition) is 2. The maximum Gasteiger partial charge on any atom is 0.488 e. The normalized spacial score (nSPS) is 10.2. The van der Waals surface area contributed by atoms with Gasteiger partial charge >= 0.3 is 7.12 Å². The van der Waals surface area contributed by atoms with E-state index in [0.29, 0.717) is 24.4 Å². The van der Waals surface area contributed by atoms with Crippen molar-refractivity contribution in [3.8, 4) is 11.5 Å². The Bertz CT molecular complexity index is 543. The fraction of sp³-hybridized carbons (Fsp3) is 0.200. The summed E-state index contributed by atoms with van der Waals surface area (Å²) in [6.07, 6.45) is 2.03. The third-order valence-corrected chi connectivity index (χ3v) is 3.60. The Morgan fingerprint density at radius 3 is 1.76 bits per heavy atom. The van der Waals surface area contributed by atoms with Gasteiger partial charge in [0.25, 0.3) is 0 Å². The lowest BCUT2D eigenvalue weighted by Gasteiger charge is -2.09. The van der Waals surface area contributed by atoms with E-state index in [4.69, 9.17) is 19.5 Å². The SMILES string of the molecule is CSc1ccc(OCCOc2ccc(B(O)O)cc2)cc1. The maximum absolute atomic E-state index is 8.99. The van der Waals surface area contributed by atoms with Gasteiger partial charge in [-0.1, -0.05) is 12.1 Å². The van der Waals surface area contributed by atoms with Crippen molar-refractivity contribution < 1.29 is 19.5 Å². The van der Waals surface area contributed by atoms with Crippen LogP contribution in [-0.4, -0.2) is 36.6 Å². The smallest absolute Gasteiger partial charge is 0.488 e. The molecule has 2 rings (SSSR count). The zero-order valence-corrected chi connectivity index (χ0v) is 12.5. The van der Waals surface area contributed by atoms with Crippen LogP contribution < -0.4 is 14.9 Å². The molecule has 0 aliphatic carbocycles. The molecular formula is C15H17BO4S. The van der Waals surface area contributed by atoms with Gasteiger partial charge in [0.2, 0.25) is 0 Å². The molecule has 0 saturated carbocycles. The highest BCUT2D eigenvalue weighted by Gasteiger charge is 2.09. The second-order valence-electron chi connectivity index (χ2n) is 4.32. The van der Waals surface area contributed by atoms with Crippen LogP contribution in [0.25, 0.3) is 0 Å².